The van der Waals surface area contributed by atoms with Crippen LogP contribution in [0.1, 0.15) is 23.8 Å². The quantitative estimate of drug-likeness (QED) is 0.436. The number of pyridine rings is 1. The van der Waals surface area contributed by atoms with Crippen molar-refractivity contribution in [2.24, 2.45) is 0 Å². The topological polar surface area (TPSA) is 52.4 Å². The molecule has 0 fully saturated rings. The Morgan fingerprint density at radius 1 is 1.09 bits per heavy atom. The minimum Gasteiger partial charge on any atom is -0.481 e. The molecule has 12 heteroatoms. The lowest BCUT2D eigenvalue weighted by molar-refractivity contribution is -0.276. The van der Waals surface area contributed by atoms with Gasteiger partial charge in [-0.1, -0.05) is 17.7 Å². The van der Waals surface area contributed by atoms with Crippen LogP contribution in [-0.4, -0.2) is 41.0 Å². The molecule has 0 bridgehead atoms. The Morgan fingerprint density at radius 3 is 2.47 bits per heavy atom. The number of hydrogen-bond acceptors (Lipinski definition) is 5. The molecule has 1 aliphatic heterocycles. The fraction of sp³-hybridized carbons (Fsp3) is 0.400. The molecule has 0 aliphatic carbocycles. The van der Waals surface area contributed by atoms with Crippen LogP contribution in [0, 0.1) is 6.92 Å². The molecule has 0 saturated heterocycles. The summed E-state index contributed by atoms with van der Waals surface area (Å²) in [5.74, 6) is 0.757. The Labute approximate surface area is 184 Å². The van der Waals surface area contributed by atoms with Gasteiger partial charge in [-0.3, -0.25) is 0 Å². The number of anilines is 2. The fourth-order valence-electron chi connectivity index (χ4n) is 3.92. The number of aryl methyl sites for hydroxylation is 2. The predicted molar refractivity (Wildman–Crippen MR) is 108 cm³/mol. The van der Waals surface area contributed by atoms with E-state index >= 15 is 0 Å². The van der Waals surface area contributed by atoms with E-state index in [0.29, 0.717) is 42.7 Å². The normalized spacial score (nSPS) is 15.3. The third-order valence-corrected chi connectivity index (χ3v) is 5.52. The van der Waals surface area contributed by atoms with Crippen molar-refractivity contribution in [3.63, 3.8) is 0 Å². The predicted octanol–water partition coefficient (Wildman–Crippen LogP) is 5.79. The molecule has 4 rings (SSSR count). The molecular weight excluding hydrogens is 459 g/mol. The van der Waals surface area contributed by atoms with Crippen LogP contribution in [-0.2, 0) is 11.3 Å². The first kappa shape index (κ1) is 22.5. The average molecular weight is 477 g/mol. The number of imidazole rings is 1. The van der Waals surface area contributed by atoms with Crippen LogP contribution in [0.2, 0.25) is 5.02 Å². The molecule has 1 aromatic carbocycles. The van der Waals surface area contributed by atoms with Crippen molar-refractivity contribution in [1.82, 2.24) is 14.5 Å². The second-order valence-electron chi connectivity index (χ2n) is 7.18. The zero-order valence-corrected chi connectivity index (χ0v) is 17.7. The summed E-state index contributed by atoms with van der Waals surface area (Å²) < 4.78 is 77.3. The van der Waals surface area contributed by atoms with Gasteiger partial charge in [-0.2, -0.15) is 22.0 Å². The number of alkyl halides is 5. The van der Waals surface area contributed by atoms with Crippen LogP contribution in [0.15, 0.2) is 24.3 Å². The number of benzene rings is 1. The van der Waals surface area contributed by atoms with Crippen LogP contribution < -0.4 is 9.64 Å². The SMILES string of the molecule is COc1ccc(N2CCCn3c2nc2c(Cl)ccc(C(OC(F)F)C(F)(F)F)c23)c(C)n1. The maximum atomic E-state index is 13.6. The van der Waals surface area contributed by atoms with Crippen molar-refractivity contribution in [3.8, 4) is 5.88 Å². The Bertz CT molecular complexity index is 1150. The van der Waals surface area contributed by atoms with E-state index in [1.165, 1.54) is 13.2 Å². The lowest BCUT2D eigenvalue weighted by Gasteiger charge is -2.30. The Hall–Kier alpha value is -2.66. The second-order valence-corrected chi connectivity index (χ2v) is 7.59. The van der Waals surface area contributed by atoms with Crippen LogP contribution in [0.5, 0.6) is 5.88 Å². The first-order valence-corrected chi connectivity index (χ1v) is 9.97. The highest BCUT2D eigenvalue weighted by atomic mass is 35.5. The first-order chi connectivity index (χ1) is 15.1. The van der Waals surface area contributed by atoms with Crippen LogP contribution >= 0.6 is 11.6 Å². The Morgan fingerprint density at radius 2 is 1.84 bits per heavy atom. The van der Waals surface area contributed by atoms with Gasteiger partial charge in [0.2, 0.25) is 11.8 Å². The van der Waals surface area contributed by atoms with Crippen molar-refractivity contribution >= 4 is 34.3 Å². The first-order valence-electron chi connectivity index (χ1n) is 9.60. The molecule has 172 valence electrons. The van der Waals surface area contributed by atoms with Crippen LogP contribution in [0.4, 0.5) is 33.6 Å². The number of rotatable bonds is 5. The minimum absolute atomic E-state index is 0.0132. The summed E-state index contributed by atoms with van der Waals surface area (Å²) in [4.78, 5) is 10.6. The van der Waals surface area contributed by atoms with E-state index in [-0.39, 0.29) is 16.1 Å². The number of aromatic nitrogens is 3. The summed E-state index contributed by atoms with van der Waals surface area (Å²) in [6, 6.07) is 5.70. The third-order valence-electron chi connectivity index (χ3n) is 5.21. The summed E-state index contributed by atoms with van der Waals surface area (Å²) in [5, 5.41) is 0.105. The molecule has 0 radical (unpaired) electrons. The van der Waals surface area contributed by atoms with Gasteiger partial charge < -0.3 is 18.9 Å². The summed E-state index contributed by atoms with van der Waals surface area (Å²) in [6.45, 7) is -0.979. The van der Waals surface area contributed by atoms with Gasteiger partial charge in [0.1, 0.15) is 5.52 Å². The van der Waals surface area contributed by atoms with Gasteiger partial charge in [-0.05, 0) is 25.5 Å². The van der Waals surface area contributed by atoms with E-state index in [1.807, 2.05) is 4.90 Å². The van der Waals surface area contributed by atoms with Gasteiger partial charge >= 0.3 is 12.8 Å². The zero-order valence-electron chi connectivity index (χ0n) is 17.0. The Balaban J connectivity index is 1.91. The molecule has 1 unspecified atom stereocenters. The van der Waals surface area contributed by atoms with Gasteiger partial charge in [0, 0.05) is 24.7 Å². The van der Waals surface area contributed by atoms with E-state index in [2.05, 4.69) is 14.7 Å². The highest BCUT2D eigenvalue weighted by molar-refractivity contribution is 6.35. The van der Waals surface area contributed by atoms with E-state index < -0.39 is 24.5 Å². The molecule has 1 aliphatic rings. The van der Waals surface area contributed by atoms with Crippen molar-refractivity contribution in [3.05, 3.63) is 40.5 Å². The molecule has 0 saturated carbocycles. The number of hydrogen-bond donors (Lipinski definition) is 0. The molecule has 0 N–H and O–H groups in total. The largest absolute Gasteiger partial charge is 0.481 e. The molecule has 1 atom stereocenters. The van der Waals surface area contributed by atoms with Gasteiger partial charge in [0.15, 0.2) is 6.10 Å². The van der Waals surface area contributed by atoms with E-state index in [1.54, 1.807) is 23.6 Å². The van der Waals surface area contributed by atoms with Crippen molar-refractivity contribution < 1.29 is 31.4 Å². The molecule has 32 heavy (non-hydrogen) atoms. The second kappa shape index (κ2) is 8.36. The molecule has 0 amide bonds. The van der Waals surface area contributed by atoms with Gasteiger partial charge in [0.25, 0.3) is 0 Å². The lowest BCUT2D eigenvalue weighted by Crippen LogP contribution is -2.30. The number of ether oxygens (including phenoxy) is 2. The van der Waals surface area contributed by atoms with E-state index in [0.717, 1.165) is 6.07 Å². The number of fused-ring (bicyclic) bond motifs is 3. The van der Waals surface area contributed by atoms with Crippen molar-refractivity contribution in [1.29, 1.82) is 0 Å². The molecule has 2 aromatic heterocycles. The zero-order chi connectivity index (χ0) is 23.2. The van der Waals surface area contributed by atoms with E-state index in [4.69, 9.17) is 16.3 Å². The highest BCUT2D eigenvalue weighted by Gasteiger charge is 2.45. The monoisotopic (exact) mass is 476 g/mol. The van der Waals surface area contributed by atoms with Crippen LogP contribution in [0.3, 0.4) is 0 Å². The maximum absolute atomic E-state index is 13.6. The molecule has 6 nitrogen and oxygen atoms in total. The van der Waals surface area contributed by atoms with Gasteiger partial charge in [-0.15, -0.1) is 0 Å². The number of methoxy groups -OCH3 is 1. The number of nitrogens with zero attached hydrogens (tertiary/aromatic N) is 4. The summed E-state index contributed by atoms with van der Waals surface area (Å²) in [5.41, 5.74) is 0.945. The summed E-state index contributed by atoms with van der Waals surface area (Å²) in [7, 11) is 1.49. The summed E-state index contributed by atoms with van der Waals surface area (Å²) in [6.07, 6.45) is -7.32. The van der Waals surface area contributed by atoms with Gasteiger partial charge in [0.05, 0.1) is 29.0 Å². The van der Waals surface area contributed by atoms with Gasteiger partial charge in [-0.25, -0.2) is 9.97 Å². The molecule has 3 heterocycles. The molecule has 0 spiro atoms. The highest BCUT2D eigenvalue weighted by Crippen LogP contribution is 2.44. The average Bonchev–Trinajstić information content (AvgIpc) is 3.13. The minimum atomic E-state index is -5.06. The van der Waals surface area contributed by atoms with Crippen molar-refractivity contribution in [2.45, 2.75) is 38.8 Å². The maximum Gasteiger partial charge on any atom is 0.419 e. The third kappa shape index (κ3) is 3.95. The lowest BCUT2D eigenvalue weighted by atomic mass is 10.1. The summed E-state index contributed by atoms with van der Waals surface area (Å²) >= 11 is 6.24. The van der Waals surface area contributed by atoms with E-state index in [9.17, 15) is 22.0 Å². The standard InChI is InChI=1S/C20H18ClF5N4O2/c1-10-13(6-7-14(27-10)31-2)29-8-3-9-30-16-11(17(20(24,25)26)32-18(22)23)4-5-12(21)15(16)28-19(29)30/h4-7,17-18H,3,8-9H2,1-2H3. The molecule has 3 aromatic rings. The van der Waals surface area contributed by atoms with Crippen molar-refractivity contribution in [2.75, 3.05) is 18.6 Å². The molecular formula is C20H18ClF5N4O2. The fourth-order valence-corrected chi connectivity index (χ4v) is 4.12. The Kier molecular flexibility index (Phi) is 5.89. The van der Waals surface area contributed by atoms with Crippen LogP contribution in [0.25, 0.3) is 11.0 Å². The number of halogens is 6. The smallest absolute Gasteiger partial charge is 0.419 e.